The molecule has 0 saturated heterocycles. The van der Waals surface area contributed by atoms with Gasteiger partial charge in [-0.3, -0.25) is 0 Å². The normalized spacial score (nSPS) is 16.6. The molecule has 0 bridgehead atoms. The van der Waals surface area contributed by atoms with Crippen LogP contribution in [0.25, 0.3) is 0 Å². The minimum absolute atomic E-state index is 0.190. The van der Waals surface area contributed by atoms with Gasteiger partial charge >= 0.3 is 0 Å². The maximum Gasteiger partial charge on any atom is 0.131 e. The first-order valence-electron chi connectivity index (χ1n) is 5.90. The third-order valence-electron chi connectivity index (χ3n) is 3.03. The van der Waals surface area contributed by atoms with Gasteiger partial charge in [0.25, 0.3) is 0 Å². The predicted octanol–water partition coefficient (Wildman–Crippen LogP) is 2.87. The van der Waals surface area contributed by atoms with E-state index in [-0.39, 0.29) is 11.9 Å². The van der Waals surface area contributed by atoms with Crippen LogP contribution in [0, 0.1) is 5.82 Å². The molecule has 0 spiro atoms. The number of ether oxygens (including phenoxy) is 1. The molecule has 1 aromatic rings. The number of benzene rings is 1. The van der Waals surface area contributed by atoms with Gasteiger partial charge in [0.15, 0.2) is 0 Å². The van der Waals surface area contributed by atoms with Crippen LogP contribution in [0.1, 0.15) is 31.2 Å². The van der Waals surface area contributed by atoms with Gasteiger partial charge in [0.1, 0.15) is 11.6 Å². The van der Waals surface area contributed by atoms with Crippen molar-refractivity contribution in [3.63, 3.8) is 0 Å². The lowest BCUT2D eigenvalue weighted by Crippen LogP contribution is -2.15. The zero-order chi connectivity index (χ0) is 11.4. The summed E-state index contributed by atoms with van der Waals surface area (Å²) in [6, 6.07) is 5.04. The van der Waals surface area contributed by atoms with Crippen LogP contribution >= 0.6 is 0 Å². The summed E-state index contributed by atoms with van der Waals surface area (Å²) in [5.41, 5.74) is 0.636. The summed E-state index contributed by atoms with van der Waals surface area (Å²) in [6.07, 6.45) is 4.91. The number of nitrogens with one attached hydrogen (secondary N) is 1. The molecule has 1 aliphatic rings. The van der Waals surface area contributed by atoms with Crippen molar-refractivity contribution in [3.8, 4) is 5.75 Å². The van der Waals surface area contributed by atoms with Crippen LogP contribution in [0.15, 0.2) is 18.2 Å². The highest BCUT2D eigenvalue weighted by atomic mass is 19.1. The van der Waals surface area contributed by atoms with Crippen LogP contribution in [0.2, 0.25) is 0 Å². The molecule has 0 heterocycles. The fourth-order valence-corrected chi connectivity index (χ4v) is 2.18. The molecule has 88 valence electrons. The van der Waals surface area contributed by atoms with Gasteiger partial charge in [0.05, 0.1) is 6.10 Å². The van der Waals surface area contributed by atoms with Crippen LogP contribution in [0.5, 0.6) is 5.75 Å². The molecule has 16 heavy (non-hydrogen) atoms. The van der Waals surface area contributed by atoms with Gasteiger partial charge in [-0.15, -0.1) is 0 Å². The lowest BCUT2D eigenvalue weighted by Gasteiger charge is -2.16. The minimum Gasteiger partial charge on any atom is -0.490 e. The second-order valence-electron chi connectivity index (χ2n) is 4.27. The van der Waals surface area contributed by atoms with Crippen LogP contribution in [-0.2, 0) is 6.54 Å². The first-order chi connectivity index (χ1) is 7.81. The lowest BCUT2D eigenvalue weighted by molar-refractivity contribution is 0.206. The molecule has 1 fully saturated rings. The molecule has 1 saturated carbocycles. The van der Waals surface area contributed by atoms with E-state index < -0.39 is 0 Å². The largest absolute Gasteiger partial charge is 0.490 e. The van der Waals surface area contributed by atoms with E-state index in [4.69, 9.17) is 4.74 Å². The van der Waals surface area contributed by atoms with E-state index in [2.05, 4.69) is 5.32 Å². The van der Waals surface area contributed by atoms with Crippen molar-refractivity contribution in [2.45, 2.75) is 38.3 Å². The second-order valence-corrected chi connectivity index (χ2v) is 4.27. The van der Waals surface area contributed by atoms with Crippen molar-refractivity contribution in [3.05, 3.63) is 29.6 Å². The summed E-state index contributed by atoms with van der Waals surface area (Å²) >= 11 is 0. The molecule has 2 rings (SSSR count). The lowest BCUT2D eigenvalue weighted by atomic mass is 10.2. The molecule has 1 aromatic carbocycles. The Morgan fingerprint density at radius 2 is 2.12 bits per heavy atom. The monoisotopic (exact) mass is 223 g/mol. The zero-order valence-electron chi connectivity index (χ0n) is 9.63. The highest BCUT2D eigenvalue weighted by molar-refractivity contribution is 5.34. The van der Waals surface area contributed by atoms with Gasteiger partial charge in [-0.2, -0.15) is 0 Å². The average molecular weight is 223 g/mol. The quantitative estimate of drug-likeness (QED) is 0.847. The molecule has 0 amide bonds. The summed E-state index contributed by atoms with van der Waals surface area (Å²) in [5, 5.41) is 2.97. The van der Waals surface area contributed by atoms with Gasteiger partial charge in [-0.05, 0) is 44.9 Å². The summed E-state index contributed by atoms with van der Waals surface area (Å²) in [4.78, 5) is 0. The molecule has 0 aromatic heterocycles. The number of rotatable bonds is 4. The Kier molecular flexibility index (Phi) is 3.78. The van der Waals surface area contributed by atoms with Crippen molar-refractivity contribution < 1.29 is 9.13 Å². The molecule has 3 heteroatoms. The van der Waals surface area contributed by atoms with Gasteiger partial charge in [-0.1, -0.05) is 6.07 Å². The molecule has 1 N–H and O–H groups in total. The number of hydrogen-bond acceptors (Lipinski definition) is 2. The molecule has 0 atom stereocenters. The highest BCUT2D eigenvalue weighted by Crippen LogP contribution is 2.27. The van der Waals surface area contributed by atoms with Gasteiger partial charge in [-0.25, -0.2) is 4.39 Å². The maximum atomic E-state index is 13.6. The van der Waals surface area contributed by atoms with E-state index in [0.29, 0.717) is 17.9 Å². The molecule has 2 nitrogen and oxygen atoms in total. The zero-order valence-corrected chi connectivity index (χ0v) is 9.63. The molecule has 0 radical (unpaired) electrons. The highest BCUT2D eigenvalue weighted by Gasteiger charge is 2.18. The molecule has 1 aliphatic carbocycles. The van der Waals surface area contributed by atoms with E-state index in [1.54, 1.807) is 6.07 Å². The fraction of sp³-hybridized carbons (Fsp3) is 0.538. The summed E-state index contributed by atoms with van der Waals surface area (Å²) in [6.45, 7) is 0.509. The first kappa shape index (κ1) is 11.4. The van der Waals surface area contributed by atoms with Crippen molar-refractivity contribution in [1.29, 1.82) is 0 Å². The van der Waals surface area contributed by atoms with Crippen molar-refractivity contribution >= 4 is 0 Å². The van der Waals surface area contributed by atoms with Crippen LogP contribution in [-0.4, -0.2) is 13.2 Å². The summed E-state index contributed by atoms with van der Waals surface area (Å²) in [5.74, 6) is 0.506. The number of hydrogen-bond donors (Lipinski definition) is 1. The third-order valence-corrected chi connectivity index (χ3v) is 3.03. The van der Waals surface area contributed by atoms with Crippen LogP contribution in [0.4, 0.5) is 4.39 Å². The first-order valence-corrected chi connectivity index (χ1v) is 5.90. The Morgan fingerprint density at radius 1 is 1.38 bits per heavy atom. The van der Waals surface area contributed by atoms with E-state index in [0.717, 1.165) is 12.8 Å². The van der Waals surface area contributed by atoms with Gasteiger partial charge in [0.2, 0.25) is 0 Å². The Labute approximate surface area is 95.8 Å². The topological polar surface area (TPSA) is 21.3 Å². The number of halogens is 1. The maximum absolute atomic E-state index is 13.6. The Morgan fingerprint density at radius 3 is 2.81 bits per heavy atom. The van der Waals surface area contributed by atoms with Crippen LogP contribution < -0.4 is 10.1 Å². The molecular weight excluding hydrogens is 205 g/mol. The Hall–Kier alpha value is -1.09. The van der Waals surface area contributed by atoms with E-state index in [9.17, 15) is 4.39 Å². The van der Waals surface area contributed by atoms with Crippen molar-refractivity contribution in [1.82, 2.24) is 5.32 Å². The summed E-state index contributed by atoms with van der Waals surface area (Å²) < 4.78 is 19.5. The van der Waals surface area contributed by atoms with Crippen molar-refractivity contribution in [2.24, 2.45) is 0 Å². The van der Waals surface area contributed by atoms with E-state index in [1.807, 2.05) is 13.1 Å². The third kappa shape index (κ3) is 2.53. The smallest absolute Gasteiger partial charge is 0.131 e. The Balaban J connectivity index is 2.14. The summed E-state index contributed by atoms with van der Waals surface area (Å²) in [7, 11) is 1.81. The van der Waals surface area contributed by atoms with E-state index >= 15 is 0 Å². The van der Waals surface area contributed by atoms with Crippen LogP contribution in [0.3, 0.4) is 0 Å². The Bertz CT molecular complexity index is 348. The standard InChI is InChI=1S/C13H18FNO/c1-15-9-11-12(14)7-4-8-13(11)16-10-5-2-3-6-10/h4,7-8,10,15H,2-3,5-6,9H2,1H3. The molecule has 0 aliphatic heterocycles. The predicted molar refractivity (Wildman–Crippen MR) is 62.0 cm³/mol. The minimum atomic E-state index is -0.190. The fourth-order valence-electron chi connectivity index (χ4n) is 2.18. The SMILES string of the molecule is CNCc1c(F)cccc1OC1CCCC1. The average Bonchev–Trinajstić information content (AvgIpc) is 2.76. The molecule has 0 unspecified atom stereocenters. The second kappa shape index (κ2) is 5.30. The van der Waals surface area contributed by atoms with Gasteiger partial charge < -0.3 is 10.1 Å². The van der Waals surface area contributed by atoms with Crippen molar-refractivity contribution in [2.75, 3.05) is 7.05 Å². The van der Waals surface area contributed by atoms with Gasteiger partial charge in [0, 0.05) is 12.1 Å². The van der Waals surface area contributed by atoms with E-state index in [1.165, 1.54) is 18.9 Å². The molecular formula is C13H18FNO.